The number of hydrogen-bond donors (Lipinski definition) is 1. The number of nitrogens with two attached hydrogens (primary N) is 1. The van der Waals surface area contributed by atoms with Crippen LogP contribution in [0.15, 0.2) is 42.5 Å². The Bertz CT molecular complexity index is 713. The fourth-order valence-electron chi connectivity index (χ4n) is 2.61. The number of ether oxygens (including phenoxy) is 2. The molecule has 7 heteroatoms. The van der Waals surface area contributed by atoms with Gasteiger partial charge in [-0.3, -0.25) is 10.1 Å². The van der Waals surface area contributed by atoms with E-state index in [1.807, 2.05) is 12.1 Å². The number of nitro groups is 1. The molecule has 0 amide bonds. The van der Waals surface area contributed by atoms with Gasteiger partial charge in [-0.2, -0.15) is 0 Å². The zero-order chi connectivity index (χ0) is 18.2. The van der Waals surface area contributed by atoms with Crippen LogP contribution in [0.1, 0.15) is 0 Å². The molecule has 0 spiro atoms. The topological polar surface area (TPSA) is 90.9 Å². The van der Waals surface area contributed by atoms with Crippen molar-refractivity contribution in [1.29, 1.82) is 0 Å². The summed E-state index contributed by atoms with van der Waals surface area (Å²) in [6.07, 6.45) is 0. The molecule has 0 fully saturated rings. The number of hydrogen-bond acceptors (Lipinski definition) is 6. The number of rotatable bonds is 9. The first kappa shape index (κ1) is 18.7. The Labute approximate surface area is 147 Å². The summed E-state index contributed by atoms with van der Waals surface area (Å²) in [7, 11) is 3.30. The Kier molecular flexibility index (Phi) is 6.73. The van der Waals surface area contributed by atoms with Crippen molar-refractivity contribution in [3.05, 3.63) is 52.6 Å². The number of methoxy groups -OCH3 is 2. The molecule has 2 aromatic rings. The maximum atomic E-state index is 11.3. The molecule has 25 heavy (non-hydrogen) atoms. The van der Waals surface area contributed by atoms with E-state index in [1.54, 1.807) is 38.5 Å². The zero-order valence-electron chi connectivity index (χ0n) is 14.5. The molecule has 2 rings (SSSR count). The molecule has 0 saturated carbocycles. The normalized spacial score (nSPS) is 10.6. The Morgan fingerprint density at radius 2 is 1.68 bits per heavy atom. The lowest BCUT2D eigenvalue weighted by molar-refractivity contribution is -0.384. The third-order valence-electron chi connectivity index (χ3n) is 3.92. The molecule has 7 nitrogen and oxygen atoms in total. The van der Waals surface area contributed by atoms with Gasteiger partial charge in [-0.25, -0.2) is 0 Å². The number of nitro benzene ring substituents is 1. The second kappa shape index (κ2) is 9.00. The van der Waals surface area contributed by atoms with Crippen LogP contribution >= 0.6 is 0 Å². The van der Waals surface area contributed by atoms with Crippen molar-refractivity contribution < 1.29 is 14.4 Å². The van der Waals surface area contributed by atoms with E-state index in [0.717, 1.165) is 5.69 Å². The predicted octanol–water partition coefficient (Wildman–Crippen LogP) is 2.94. The van der Waals surface area contributed by atoms with Crippen LogP contribution in [0.5, 0.6) is 0 Å². The van der Waals surface area contributed by atoms with Crippen molar-refractivity contribution in [2.24, 2.45) is 0 Å². The van der Waals surface area contributed by atoms with Crippen molar-refractivity contribution in [3.63, 3.8) is 0 Å². The molecule has 0 saturated heterocycles. The van der Waals surface area contributed by atoms with Gasteiger partial charge < -0.3 is 20.1 Å². The molecule has 0 unspecified atom stereocenters. The fourth-order valence-corrected chi connectivity index (χ4v) is 2.61. The van der Waals surface area contributed by atoms with Crippen molar-refractivity contribution in [2.45, 2.75) is 0 Å². The summed E-state index contributed by atoms with van der Waals surface area (Å²) in [4.78, 5) is 13.0. The van der Waals surface area contributed by atoms with Gasteiger partial charge in [0.1, 0.15) is 0 Å². The molecule has 2 aromatic carbocycles. The summed E-state index contributed by atoms with van der Waals surface area (Å²) in [5, 5.41) is 11.3. The van der Waals surface area contributed by atoms with Crippen molar-refractivity contribution in [2.75, 3.05) is 51.2 Å². The van der Waals surface area contributed by atoms with Gasteiger partial charge in [0.25, 0.3) is 5.69 Å². The van der Waals surface area contributed by atoms with Gasteiger partial charge in [-0.1, -0.05) is 12.1 Å². The van der Waals surface area contributed by atoms with Crippen LogP contribution in [0.3, 0.4) is 0 Å². The van der Waals surface area contributed by atoms with Gasteiger partial charge in [-0.15, -0.1) is 0 Å². The molecular weight excluding hydrogens is 322 g/mol. The van der Waals surface area contributed by atoms with Crippen LogP contribution < -0.4 is 10.6 Å². The zero-order valence-corrected chi connectivity index (χ0v) is 14.5. The Morgan fingerprint density at radius 1 is 1.04 bits per heavy atom. The average molecular weight is 345 g/mol. The third kappa shape index (κ3) is 4.68. The van der Waals surface area contributed by atoms with Gasteiger partial charge in [0.15, 0.2) is 0 Å². The van der Waals surface area contributed by atoms with Crippen LogP contribution in [0.25, 0.3) is 11.1 Å². The largest absolute Gasteiger partial charge is 0.398 e. The van der Waals surface area contributed by atoms with Crippen molar-refractivity contribution >= 4 is 17.1 Å². The first-order valence-electron chi connectivity index (χ1n) is 7.94. The Hall–Kier alpha value is -2.64. The molecule has 0 aliphatic heterocycles. The van der Waals surface area contributed by atoms with Gasteiger partial charge in [-0.05, 0) is 24.3 Å². The van der Waals surface area contributed by atoms with Gasteiger partial charge in [0.05, 0.1) is 23.7 Å². The number of para-hydroxylation sites is 1. The lowest BCUT2D eigenvalue weighted by Gasteiger charge is -2.25. The summed E-state index contributed by atoms with van der Waals surface area (Å²) in [5.41, 5.74) is 8.69. The maximum absolute atomic E-state index is 11.3. The van der Waals surface area contributed by atoms with Gasteiger partial charge in [0, 0.05) is 50.3 Å². The fraction of sp³-hybridized carbons (Fsp3) is 0.333. The molecule has 134 valence electrons. The predicted molar refractivity (Wildman–Crippen MR) is 98.9 cm³/mol. The van der Waals surface area contributed by atoms with Crippen LogP contribution in [0, 0.1) is 10.1 Å². The molecule has 0 aliphatic rings. The number of nitrogen functional groups attached to an aromatic ring is 1. The van der Waals surface area contributed by atoms with E-state index >= 15 is 0 Å². The molecule has 0 heterocycles. The summed E-state index contributed by atoms with van der Waals surface area (Å²) in [6.45, 7) is 2.49. The first-order chi connectivity index (χ1) is 12.1. The van der Waals surface area contributed by atoms with Crippen molar-refractivity contribution in [1.82, 2.24) is 0 Å². The van der Waals surface area contributed by atoms with E-state index < -0.39 is 4.92 Å². The van der Waals surface area contributed by atoms with Crippen LogP contribution in [-0.4, -0.2) is 45.4 Å². The minimum atomic E-state index is -0.394. The Morgan fingerprint density at radius 3 is 2.28 bits per heavy atom. The molecule has 0 radical (unpaired) electrons. The van der Waals surface area contributed by atoms with E-state index in [0.29, 0.717) is 43.1 Å². The highest BCUT2D eigenvalue weighted by molar-refractivity contribution is 5.84. The SMILES string of the molecule is COCCN(CCOC)c1ccc(N)c(-c2ccccc2[N+](=O)[O-])c1. The highest BCUT2D eigenvalue weighted by Gasteiger charge is 2.18. The van der Waals surface area contributed by atoms with E-state index in [2.05, 4.69) is 4.90 Å². The second-order valence-electron chi connectivity index (χ2n) is 5.52. The number of nitrogens with zero attached hydrogens (tertiary/aromatic N) is 2. The maximum Gasteiger partial charge on any atom is 0.277 e. The van der Waals surface area contributed by atoms with Crippen molar-refractivity contribution in [3.8, 4) is 11.1 Å². The third-order valence-corrected chi connectivity index (χ3v) is 3.92. The standard InChI is InChI=1S/C18H23N3O4/c1-24-11-9-20(10-12-25-2)14-7-8-17(19)16(13-14)15-5-3-4-6-18(15)21(22)23/h3-8,13H,9-12,19H2,1-2H3. The molecular formula is C18H23N3O4. The van der Waals surface area contributed by atoms with E-state index in [9.17, 15) is 10.1 Å². The minimum Gasteiger partial charge on any atom is -0.398 e. The number of anilines is 2. The summed E-state index contributed by atoms with van der Waals surface area (Å²) in [5.74, 6) is 0. The van der Waals surface area contributed by atoms with Crippen LogP contribution in [-0.2, 0) is 9.47 Å². The van der Waals surface area contributed by atoms with Gasteiger partial charge >= 0.3 is 0 Å². The molecule has 0 atom stereocenters. The summed E-state index contributed by atoms with van der Waals surface area (Å²) in [6, 6.07) is 12.2. The highest BCUT2D eigenvalue weighted by Crippen LogP contribution is 2.35. The monoisotopic (exact) mass is 345 g/mol. The quantitative estimate of drug-likeness (QED) is 0.427. The second-order valence-corrected chi connectivity index (χ2v) is 5.52. The summed E-state index contributed by atoms with van der Waals surface area (Å²) >= 11 is 0. The Balaban J connectivity index is 2.44. The lowest BCUT2D eigenvalue weighted by Crippen LogP contribution is -2.30. The summed E-state index contributed by atoms with van der Waals surface area (Å²) < 4.78 is 10.3. The number of benzene rings is 2. The van der Waals surface area contributed by atoms with Crippen LogP contribution in [0.4, 0.5) is 17.1 Å². The van der Waals surface area contributed by atoms with E-state index in [4.69, 9.17) is 15.2 Å². The molecule has 0 aromatic heterocycles. The molecule has 2 N–H and O–H groups in total. The highest BCUT2D eigenvalue weighted by atomic mass is 16.6. The van der Waals surface area contributed by atoms with Crippen LogP contribution in [0.2, 0.25) is 0 Å². The smallest absolute Gasteiger partial charge is 0.277 e. The first-order valence-corrected chi connectivity index (χ1v) is 7.94. The molecule has 0 bridgehead atoms. The minimum absolute atomic E-state index is 0.0340. The van der Waals surface area contributed by atoms with Gasteiger partial charge in [0.2, 0.25) is 0 Å². The molecule has 0 aliphatic carbocycles. The van der Waals surface area contributed by atoms with E-state index in [-0.39, 0.29) is 5.69 Å². The lowest BCUT2D eigenvalue weighted by atomic mass is 10.0. The average Bonchev–Trinajstić information content (AvgIpc) is 2.62. The van der Waals surface area contributed by atoms with E-state index in [1.165, 1.54) is 6.07 Å².